The Morgan fingerprint density at radius 1 is 0.938 bits per heavy atom. The smallest absolute Gasteiger partial charge is 0.263 e. The topological polar surface area (TPSA) is 101 Å². The van der Waals surface area contributed by atoms with Crippen LogP contribution in [0, 0.1) is 0 Å². The van der Waals surface area contributed by atoms with Crippen LogP contribution in [0.2, 0.25) is 5.02 Å². The minimum Gasteiger partial charge on any atom is -0.323 e. The van der Waals surface area contributed by atoms with Gasteiger partial charge in [0.2, 0.25) is 5.91 Å². The van der Waals surface area contributed by atoms with Crippen molar-refractivity contribution in [1.82, 2.24) is 9.97 Å². The van der Waals surface area contributed by atoms with E-state index in [1.807, 2.05) is 12.1 Å². The molecule has 0 aliphatic heterocycles. The van der Waals surface area contributed by atoms with Gasteiger partial charge in [0.15, 0.2) is 5.82 Å². The largest absolute Gasteiger partial charge is 0.323 e. The molecule has 4 aromatic rings. The first-order valence-electron chi connectivity index (χ1n) is 9.48. The van der Waals surface area contributed by atoms with Crippen molar-refractivity contribution in [2.45, 2.75) is 4.90 Å². The molecule has 0 unspecified atom stereocenters. The molecule has 7 nitrogen and oxygen atoms in total. The lowest BCUT2D eigenvalue weighted by Crippen LogP contribution is -2.14. The van der Waals surface area contributed by atoms with Crippen LogP contribution in [0.3, 0.4) is 0 Å². The summed E-state index contributed by atoms with van der Waals surface area (Å²) >= 11 is 5.92. The summed E-state index contributed by atoms with van der Waals surface area (Å²) < 4.78 is 27.8. The van der Waals surface area contributed by atoms with Crippen molar-refractivity contribution >= 4 is 56.1 Å². The number of para-hydroxylation sites is 2. The first-order valence-corrected chi connectivity index (χ1v) is 11.3. The van der Waals surface area contributed by atoms with Crippen LogP contribution in [0.25, 0.3) is 17.1 Å². The highest BCUT2D eigenvalue weighted by atomic mass is 35.5. The first-order chi connectivity index (χ1) is 15.4. The third-order valence-corrected chi connectivity index (χ3v) is 6.00. The molecule has 0 radical (unpaired) electrons. The van der Waals surface area contributed by atoms with E-state index >= 15 is 0 Å². The quantitative estimate of drug-likeness (QED) is 0.401. The van der Waals surface area contributed by atoms with E-state index < -0.39 is 10.0 Å². The van der Waals surface area contributed by atoms with Crippen molar-refractivity contribution in [2.24, 2.45) is 0 Å². The third kappa shape index (κ3) is 5.29. The second kappa shape index (κ2) is 9.17. The molecule has 0 spiro atoms. The van der Waals surface area contributed by atoms with E-state index in [9.17, 15) is 13.2 Å². The molecular formula is C23H17ClN4O3S. The Hall–Kier alpha value is -3.75. The van der Waals surface area contributed by atoms with Gasteiger partial charge >= 0.3 is 0 Å². The van der Waals surface area contributed by atoms with Crippen LogP contribution in [0.4, 0.5) is 11.5 Å². The van der Waals surface area contributed by atoms with Gasteiger partial charge in [0, 0.05) is 16.8 Å². The standard InChI is InChI=1S/C23H17ClN4O3S/c24-17-5-3-4-16(14-17)8-13-23(29)26-18-9-11-19(12-10-18)32(30,31)28-22-15-25-20-6-1-2-7-21(20)27-22/h1-15H,(H,26,29)(H,27,28)/b13-8+. The number of nitrogens with zero attached hydrogens (tertiary/aromatic N) is 2. The van der Waals surface area contributed by atoms with Crippen LogP contribution in [0.5, 0.6) is 0 Å². The Bertz CT molecular complexity index is 1420. The Morgan fingerprint density at radius 3 is 2.44 bits per heavy atom. The summed E-state index contributed by atoms with van der Waals surface area (Å²) in [5.74, 6) is -0.239. The summed E-state index contributed by atoms with van der Waals surface area (Å²) in [6, 6.07) is 20.1. The maximum atomic E-state index is 12.7. The second-order valence-corrected chi connectivity index (χ2v) is 8.87. The van der Waals surface area contributed by atoms with Crippen molar-refractivity contribution in [1.29, 1.82) is 0 Å². The molecule has 1 amide bonds. The Kier molecular flexibility index (Phi) is 6.16. The summed E-state index contributed by atoms with van der Waals surface area (Å²) in [7, 11) is -3.87. The number of anilines is 2. The van der Waals surface area contributed by atoms with E-state index in [1.54, 1.807) is 42.5 Å². The fourth-order valence-corrected chi connectivity index (χ4v) is 4.07. The van der Waals surface area contributed by atoms with E-state index in [-0.39, 0.29) is 16.6 Å². The number of carbonyl (C=O) groups is 1. The zero-order valence-corrected chi connectivity index (χ0v) is 18.1. The van der Waals surface area contributed by atoms with Crippen LogP contribution in [-0.2, 0) is 14.8 Å². The van der Waals surface area contributed by atoms with Gasteiger partial charge < -0.3 is 5.32 Å². The number of hydrogen-bond acceptors (Lipinski definition) is 5. The van der Waals surface area contributed by atoms with Crippen molar-refractivity contribution in [3.63, 3.8) is 0 Å². The summed E-state index contributed by atoms with van der Waals surface area (Å²) in [5.41, 5.74) is 2.49. The predicted molar refractivity (Wildman–Crippen MR) is 126 cm³/mol. The number of nitrogens with one attached hydrogen (secondary N) is 2. The van der Waals surface area contributed by atoms with Crippen molar-refractivity contribution in [2.75, 3.05) is 10.0 Å². The Morgan fingerprint density at radius 2 is 1.69 bits per heavy atom. The lowest BCUT2D eigenvalue weighted by atomic mass is 10.2. The minimum absolute atomic E-state index is 0.0277. The molecule has 1 aromatic heterocycles. The van der Waals surface area contributed by atoms with E-state index in [4.69, 9.17) is 11.6 Å². The van der Waals surface area contributed by atoms with E-state index in [1.165, 1.54) is 36.5 Å². The number of fused-ring (bicyclic) bond motifs is 1. The zero-order chi connectivity index (χ0) is 22.6. The number of amides is 1. The first kappa shape index (κ1) is 21.5. The number of carbonyl (C=O) groups excluding carboxylic acids is 1. The fourth-order valence-electron chi connectivity index (χ4n) is 2.89. The molecule has 0 saturated carbocycles. The molecule has 3 aromatic carbocycles. The lowest BCUT2D eigenvalue weighted by molar-refractivity contribution is -0.111. The number of benzene rings is 3. The molecule has 2 N–H and O–H groups in total. The lowest BCUT2D eigenvalue weighted by Gasteiger charge is -2.09. The van der Waals surface area contributed by atoms with Crippen molar-refractivity contribution in [3.8, 4) is 0 Å². The number of aromatic nitrogens is 2. The highest BCUT2D eigenvalue weighted by Crippen LogP contribution is 2.19. The fraction of sp³-hybridized carbons (Fsp3) is 0. The molecule has 160 valence electrons. The summed E-state index contributed by atoms with van der Waals surface area (Å²) in [4.78, 5) is 20.6. The van der Waals surface area contributed by atoms with E-state index in [0.717, 1.165) is 5.56 Å². The molecule has 9 heteroatoms. The molecule has 0 aliphatic rings. The SMILES string of the molecule is O=C(/C=C/c1cccc(Cl)c1)Nc1ccc(S(=O)(=O)Nc2cnc3ccccc3n2)cc1. The van der Waals surface area contributed by atoms with Crippen molar-refractivity contribution in [3.05, 3.63) is 95.7 Å². The molecule has 0 aliphatic carbocycles. The summed E-state index contributed by atoms with van der Waals surface area (Å²) in [6.45, 7) is 0. The van der Waals surface area contributed by atoms with E-state index in [0.29, 0.717) is 21.7 Å². The van der Waals surface area contributed by atoms with Gasteiger partial charge in [0.1, 0.15) is 0 Å². The molecule has 1 heterocycles. The van der Waals surface area contributed by atoms with Gasteiger partial charge in [-0.05, 0) is 60.2 Å². The summed E-state index contributed by atoms with van der Waals surface area (Å²) in [6.07, 6.45) is 4.37. The highest BCUT2D eigenvalue weighted by Gasteiger charge is 2.15. The van der Waals surface area contributed by atoms with Gasteiger partial charge in [-0.3, -0.25) is 14.5 Å². The van der Waals surface area contributed by atoms with Gasteiger partial charge in [0.25, 0.3) is 10.0 Å². The van der Waals surface area contributed by atoms with Gasteiger partial charge in [-0.1, -0.05) is 35.9 Å². The number of rotatable bonds is 6. The summed E-state index contributed by atoms with van der Waals surface area (Å²) in [5, 5.41) is 3.26. The van der Waals surface area contributed by atoms with Crippen LogP contribution >= 0.6 is 11.6 Å². The Labute approximate surface area is 189 Å². The van der Waals surface area contributed by atoms with Crippen LogP contribution in [-0.4, -0.2) is 24.3 Å². The average Bonchev–Trinajstić information content (AvgIpc) is 2.78. The molecule has 0 atom stereocenters. The number of halogens is 1. The number of sulfonamides is 1. The van der Waals surface area contributed by atoms with Crippen LogP contribution < -0.4 is 10.0 Å². The Balaban J connectivity index is 1.43. The highest BCUT2D eigenvalue weighted by molar-refractivity contribution is 7.92. The molecule has 32 heavy (non-hydrogen) atoms. The van der Waals surface area contributed by atoms with Crippen molar-refractivity contribution < 1.29 is 13.2 Å². The van der Waals surface area contributed by atoms with Gasteiger partial charge in [-0.25, -0.2) is 13.4 Å². The normalized spacial score (nSPS) is 11.5. The molecule has 4 rings (SSSR count). The predicted octanol–water partition coefficient (Wildman–Crippen LogP) is 4.74. The maximum Gasteiger partial charge on any atom is 0.263 e. The molecule has 0 fully saturated rings. The van der Waals surface area contributed by atoms with Gasteiger partial charge in [-0.15, -0.1) is 0 Å². The van der Waals surface area contributed by atoms with Gasteiger partial charge in [0.05, 0.1) is 22.1 Å². The zero-order valence-electron chi connectivity index (χ0n) is 16.6. The van der Waals surface area contributed by atoms with Gasteiger partial charge in [-0.2, -0.15) is 0 Å². The third-order valence-electron chi connectivity index (χ3n) is 4.40. The van der Waals surface area contributed by atoms with Crippen LogP contribution in [0.15, 0.2) is 90.0 Å². The second-order valence-electron chi connectivity index (χ2n) is 6.75. The van der Waals surface area contributed by atoms with Crippen LogP contribution in [0.1, 0.15) is 5.56 Å². The molecular weight excluding hydrogens is 448 g/mol. The molecule has 0 bridgehead atoms. The average molecular weight is 465 g/mol. The monoisotopic (exact) mass is 464 g/mol. The molecule has 0 saturated heterocycles. The van der Waals surface area contributed by atoms with E-state index in [2.05, 4.69) is 20.0 Å². The maximum absolute atomic E-state index is 12.7. The number of hydrogen-bond donors (Lipinski definition) is 2. The minimum atomic E-state index is -3.87.